The molecule has 1 aliphatic heterocycles. The molecule has 1 saturated heterocycles. The van der Waals surface area contributed by atoms with Crippen LogP contribution >= 0.6 is 11.8 Å². The van der Waals surface area contributed by atoms with Gasteiger partial charge in [0.15, 0.2) is 0 Å². The molecular weight excluding hydrogens is 370 g/mol. The van der Waals surface area contributed by atoms with Crippen LogP contribution in [0.5, 0.6) is 0 Å². The maximum atomic E-state index is 12.7. The smallest absolute Gasteiger partial charge is 0.317 e. The third kappa shape index (κ3) is 5.93. The van der Waals surface area contributed by atoms with Gasteiger partial charge in [-0.15, -0.1) is 11.8 Å². The van der Waals surface area contributed by atoms with Crippen molar-refractivity contribution in [1.29, 1.82) is 0 Å². The Bertz CT molecular complexity index is 674. The molecule has 1 amide bonds. The first-order valence-corrected chi connectivity index (χ1v) is 9.85. The highest BCUT2D eigenvalue weighted by molar-refractivity contribution is 8.00. The highest BCUT2D eigenvalue weighted by Gasteiger charge is 2.29. The van der Waals surface area contributed by atoms with Gasteiger partial charge in [0.25, 0.3) is 5.69 Å². The highest BCUT2D eigenvalue weighted by Crippen LogP contribution is 2.27. The quantitative estimate of drug-likeness (QED) is 0.410. The summed E-state index contributed by atoms with van der Waals surface area (Å²) in [6, 6.07) is 6.38. The van der Waals surface area contributed by atoms with E-state index >= 15 is 0 Å². The Balaban J connectivity index is 1.87. The second-order valence-electron chi connectivity index (χ2n) is 6.52. The van der Waals surface area contributed by atoms with E-state index < -0.39 is 10.9 Å². The molecule has 0 aromatic heterocycles. The minimum Gasteiger partial charge on any atom is -0.480 e. The van der Waals surface area contributed by atoms with Gasteiger partial charge in [-0.2, -0.15) is 0 Å². The number of nitro benzene ring substituents is 1. The normalized spacial score (nSPS) is 16.3. The van der Waals surface area contributed by atoms with Crippen LogP contribution in [0.3, 0.4) is 0 Å². The Kier molecular flexibility index (Phi) is 7.61. The lowest BCUT2D eigenvalue weighted by Crippen LogP contribution is -2.49. The summed E-state index contributed by atoms with van der Waals surface area (Å²) in [7, 11) is 0. The minimum atomic E-state index is -0.830. The van der Waals surface area contributed by atoms with E-state index in [0.29, 0.717) is 19.6 Å². The molecule has 0 bridgehead atoms. The Hall–Kier alpha value is -2.13. The van der Waals surface area contributed by atoms with Crippen molar-refractivity contribution in [2.75, 3.05) is 26.2 Å². The molecule has 2 rings (SSSR count). The lowest BCUT2D eigenvalue weighted by atomic mass is 10.0. The van der Waals surface area contributed by atoms with Crippen LogP contribution in [0.2, 0.25) is 0 Å². The fourth-order valence-corrected chi connectivity index (χ4v) is 4.23. The van der Waals surface area contributed by atoms with E-state index in [-0.39, 0.29) is 29.4 Å². The zero-order valence-corrected chi connectivity index (χ0v) is 16.4. The number of carboxylic acids is 1. The Morgan fingerprint density at radius 1 is 1.33 bits per heavy atom. The summed E-state index contributed by atoms with van der Waals surface area (Å²) in [4.78, 5) is 38.5. The summed E-state index contributed by atoms with van der Waals surface area (Å²) in [6.07, 6.45) is 1.53. The van der Waals surface area contributed by atoms with E-state index in [0.717, 1.165) is 17.7 Å². The number of nitrogens with zero attached hydrogens (tertiary/aromatic N) is 3. The number of non-ortho nitro benzene ring substituents is 1. The van der Waals surface area contributed by atoms with Crippen molar-refractivity contribution in [2.24, 2.45) is 0 Å². The van der Waals surface area contributed by atoms with Crippen molar-refractivity contribution in [3.8, 4) is 0 Å². The number of thioether (sulfide) groups is 1. The second kappa shape index (κ2) is 9.70. The summed E-state index contributed by atoms with van der Waals surface area (Å²) in [5.41, 5.74) is 0.0299. The molecule has 0 radical (unpaired) electrons. The van der Waals surface area contributed by atoms with Crippen LogP contribution in [-0.4, -0.2) is 69.2 Å². The van der Waals surface area contributed by atoms with E-state index in [1.54, 1.807) is 12.1 Å². The molecule has 1 unspecified atom stereocenters. The van der Waals surface area contributed by atoms with Crippen molar-refractivity contribution in [3.05, 3.63) is 34.4 Å². The van der Waals surface area contributed by atoms with Crippen molar-refractivity contribution in [3.63, 3.8) is 0 Å². The average Bonchev–Trinajstić information content (AvgIpc) is 2.66. The number of benzene rings is 1. The van der Waals surface area contributed by atoms with Crippen molar-refractivity contribution < 1.29 is 19.6 Å². The number of hydrogen-bond acceptors (Lipinski definition) is 6. The number of piperidine rings is 1. The molecule has 0 saturated carbocycles. The number of carboxylic acid groups (broad SMARTS) is 1. The predicted molar refractivity (Wildman–Crippen MR) is 103 cm³/mol. The van der Waals surface area contributed by atoms with Gasteiger partial charge in [0, 0.05) is 36.2 Å². The van der Waals surface area contributed by atoms with Crippen molar-refractivity contribution in [2.45, 2.75) is 42.9 Å². The summed E-state index contributed by atoms with van der Waals surface area (Å²) in [5, 5.41) is 19.4. The molecule has 0 spiro atoms. The zero-order chi connectivity index (χ0) is 20.0. The first kappa shape index (κ1) is 21.2. The van der Waals surface area contributed by atoms with Crippen LogP contribution in [0.4, 0.5) is 5.69 Å². The molecular formula is C18H25N3O5S. The largest absolute Gasteiger partial charge is 0.480 e. The van der Waals surface area contributed by atoms with Gasteiger partial charge in [-0.05, 0) is 38.4 Å². The van der Waals surface area contributed by atoms with Gasteiger partial charge < -0.3 is 10.0 Å². The maximum absolute atomic E-state index is 12.7. The van der Waals surface area contributed by atoms with Gasteiger partial charge in [-0.25, -0.2) is 0 Å². The summed E-state index contributed by atoms with van der Waals surface area (Å²) in [6.45, 7) is 5.72. The Morgan fingerprint density at radius 3 is 2.41 bits per heavy atom. The molecule has 9 heteroatoms. The molecule has 1 heterocycles. The number of hydrogen-bond donors (Lipinski definition) is 1. The molecule has 1 N–H and O–H groups in total. The maximum Gasteiger partial charge on any atom is 0.317 e. The van der Waals surface area contributed by atoms with Gasteiger partial charge in [-0.1, -0.05) is 6.92 Å². The van der Waals surface area contributed by atoms with E-state index in [2.05, 4.69) is 0 Å². The summed E-state index contributed by atoms with van der Waals surface area (Å²) < 4.78 is 0. The van der Waals surface area contributed by atoms with Crippen LogP contribution in [0.15, 0.2) is 29.2 Å². The van der Waals surface area contributed by atoms with Crippen LogP contribution in [0, 0.1) is 10.1 Å². The molecule has 1 fully saturated rings. The summed E-state index contributed by atoms with van der Waals surface area (Å²) in [5.74, 6) is -0.790. The lowest BCUT2D eigenvalue weighted by Gasteiger charge is -2.38. The zero-order valence-electron chi connectivity index (χ0n) is 15.5. The number of aliphatic carboxylic acids is 1. The third-order valence-electron chi connectivity index (χ3n) is 4.75. The molecule has 27 heavy (non-hydrogen) atoms. The number of amides is 1. The fraction of sp³-hybridized carbons (Fsp3) is 0.556. The molecule has 148 valence electrons. The first-order chi connectivity index (χ1) is 12.8. The van der Waals surface area contributed by atoms with Gasteiger partial charge in [0.05, 0.1) is 16.7 Å². The standard InChI is InChI=1S/C18H25N3O5S/c1-3-19(12-17(22)23)14-8-10-20(11-9-14)18(24)13(2)27-16-6-4-15(5-7-16)21(25)26/h4-7,13-14H,3,8-12H2,1-2H3,(H,22,23). The van der Waals surface area contributed by atoms with E-state index in [4.69, 9.17) is 5.11 Å². The monoisotopic (exact) mass is 395 g/mol. The number of likely N-dealkylation sites (N-methyl/N-ethyl adjacent to an activating group) is 1. The predicted octanol–water partition coefficient (Wildman–Crippen LogP) is 2.47. The average molecular weight is 395 g/mol. The number of likely N-dealkylation sites (tertiary alicyclic amines) is 1. The highest BCUT2D eigenvalue weighted by atomic mass is 32.2. The van der Waals surface area contributed by atoms with Crippen molar-refractivity contribution in [1.82, 2.24) is 9.80 Å². The van der Waals surface area contributed by atoms with Gasteiger partial charge in [-0.3, -0.25) is 24.6 Å². The molecule has 8 nitrogen and oxygen atoms in total. The number of nitro groups is 1. The lowest BCUT2D eigenvalue weighted by molar-refractivity contribution is -0.384. The van der Waals surface area contributed by atoms with Gasteiger partial charge >= 0.3 is 5.97 Å². The first-order valence-electron chi connectivity index (χ1n) is 8.97. The Labute approximate surface area is 162 Å². The minimum absolute atomic E-state index is 0.0293. The van der Waals surface area contributed by atoms with Crippen LogP contribution < -0.4 is 0 Å². The van der Waals surface area contributed by atoms with Crippen LogP contribution in [0.25, 0.3) is 0 Å². The molecule has 1 aromatic rings. The topological polar surface area (TPSA) is 104 Å². The number of carbonyl (C=O) groups excluding carboxylic acids is 1. The van der Waals surface area contributed by atoms with E-state index in [1.807, 2.05) is 23.6 Å². The number of rotatable bonds is 8. The summed E-state index contributed by atoms with van der Waals surface area (Å²) >= 11 is 1.38. The third-order valence-corrected chi connectivity index (χ3v) is 5.84. The van der Waals surface area contributed by atoms with Gasteiger partial charge in [0.2, 0.25) is 5.91 Å². The molecule has 1 aliphatic rings. The van der Waals surface area contributed by atoms with Crippen LogP contribution in [-0.2, 0) is 9.59 Å². The number of carbonyl (C=O) groups is 2. The SMILES string of the molecule is CCN(CC(=O)O)C1CCN(C(=O)C(C)Sc2ccc([N+](=O)[O-])cc2)CC1. The van der Waals surface area contributed by atoms with Gasteiger partial charge in [0.1, 0.15) is 0 Å². The van der Waals surface area contributed by atoms with E-state index in [1.165, 1.54) is 23.9 Å². The van der Waals surface area contributed by atoms with E-state index in [9.17, 15) is 19.7 Å². The van der Waals surface area contributed by atoms with Crippen molar-refractivity contribution >= 4 is 29.3 Å². The fourth-order valence-electron chi connectivity index (χ4n) is 3.28. The Morgan fingerprint density at radius 2 is 1.93 bits per heavy atom. The molecule has 1 aromatic carbocycles. The second-order valence-corrected chi connectivity index (χ2v) is 7.94. The molecule has 1 atom stereocenters. The molecule has 0 aliphatic carbocycles. The van der Waals surface area contributed by atoms with Crippen LogP contribution in [0.1, 0.15) is 26.7 Å².